The van der Waals surface area contributed by atoms with Crippen LogP contribution in [0.15, 0.2) is 30.3 Å². The zero-order chi connectivity index (χ0) is 12.9. The van der Waals surface area contributed by atoms with Crippen LogP contribution in [0.25, 0.3) is 6.08 Å². The molecule has 0 bridgehead atoms. The Bertz CT molecular complexity index is 427. The maximum absolute atomic E-state index is 11.9. The summed E-state index contributed by atoms with van der Waals surface area (Å²) in [4.78, 5) is 10.4. The topological polar surface area (TPSA) is 52.3 Å². The van der Waals surface area contributed by atoms with Crippen molar-refractivity contribution in [2.75, 3.05) is 0 Å². The van der Waals surface area contributed by atoms with E-state index in [1.165, 1.54) is 30.4 Å². The van der Waals surface area contributed by atoms with Gasteiger partial charge in [0.25, 0.3) is 0 Å². The summed E-state index contributed by atoms with van der Waals surface area (Å²) in [6.07, 6.45) is -1.72. The van der Waals surface area contributed by atoms with E-state index in [1.54, 1.807) is 6.07 Å². The third-order valence-corrected chi connectivity index (χ3v) is 1.72. The van der Waals surface area contributed by atoms with Gasteiger partial charge in [0.15, 0.2) is 0 Å². The molecule has 0 saturated carbocycles. The van der Waals surface area contributed by atoms with Crippen LogP contribution in [-0.4, -0.2) is 12.3 Å². The monoisotopic (exact) mass is 245 g/mol. The maximum atomic E-state index is 11.9. The van der Waals surface area contributed by atoms with Crippen molar-refractivity contribution in [3.05, 3.63) is 35.9 Å². The number of hydrogen-bond acceptors (Lipinski definition) is 2. The normalized spacial score (nSPS) is 11.7. The fourth-order valence-corrected chi connectivity index (χ4v) is 1.13. The van der Waals surface area contributed by atoms with Gasteiger partial charge in [0, 0.05) is 6.42 Å². The van der Waals surface area contributed by atoms with Gasteiger partial charge in [-0.3, -0.25) is 4.79 Å². The number of halogens is 3. The summed E-state index contributed by atoms with van der Waals surface area (Å²) < 4.78 is 39.5. The second-order valence-electron chi connectivity index (χ2n) is 3.19. The molecule has 0 fully saturated rings. The molecule has 1 aromatic carbocycles. The highest BCUT2D eigenvalue weighted by Gasteiger charge is 2.30. The lowest BCUT2D eigenvalue weighted by Gasteiger charge is -2.08. The standard InChI is InChI=1S/C11H10F3NO2/c12-11(13,14)17-9-5-1-3-8(7-9)4-2-6-10(15)16/h1-5,7H,6H2,(H2,15,16). The van der Waals surface area contributed by atoms with E-state index in [9.17, 15) is 18.0 Å². The van der Waals surface area contributed by atoms with Crippen molar-refractivity contribution in [2.45, 2.75) is 12.8 Å². The van der Waals surface area contributed by atoms with Crippen LogP contribution in [0.3, 0.4) is 0 Å². The van der Waals surface area contributed by atoms with Crippen LogP contribution in [-0.2, 0) is 4.79 Å². The summed E-state index contributed by atoms with van der Waals surface area (Å²) in [6.45, 7) is 0. The van der Waals surface area contributed by atoms with Crippen molar-refractivity contribution >= 4 is 12.0 Å². The fourth-order valence-electron chi connectivity index (χ4n) is 1.13. The summed E-state index contributed by atoms with van der Waals surface area (Å²) in [5, 5.41) is 0. The Kier molecular flexibility index (Phi) is 4.14. The molecule has 0 heterocycles. The van der Waals surface area contributed by atoms with Crippen molar-refractivity contribution in [2.24, 2.45) is 5.73 Å². The number of ether oxygens (including phenoxy) is 1. The molecule has 1 rings (SSSR count). The third-order valence-electron chi connectivity index (χ3n) is 1.72. The van der Waals surface area contributed by atoms with Crippen molar-refractivity contribution in [3.8, 4) is 5.75 Å². The highest BCUT2D eigenvalue weighted by molar-refractivity contribution is 5.76. The van der Waals surface area contributed by atoms with Crippen LogP contribution in [0.2, 0.25) is 0 Å². The predicted octanol–water partition coefficient (Wildman–Crippen LogP) is 2.47. The number of nitrogens with two attached hydrogens (primary N) is 1. The Morgan fingerprint density at radius 1 is 1.41 bits per heavy atom. The van der Waals surface area contributed by atoms with Crippen molar-refractivity contribution in [1.82, 2.24) is 0 Å². The van der Waals surface area contributed by atoms with Gasteiger partial charge in [0.05, 0.1) is 0 Å². The number of primary amides is 1. The number of carbonyl (C=O) groups is 1. The Hall–Kier alpha value is -1.98. The molecule has 0 unspecified atom stereocenters. The first-order chi connectivity index (χ1) is 7.87. The second kappa shape index (κ2) is 5.38. The lowest BCUT2D eigenvalue weighted by Crippen LogP contribution is -2.17. The van der Waals surface area contributed by atoms with Crippen LogP contribution in [0, 0.1) is 0 Å². The van der Waals surface area contributed by atoms with E-state index in [0.717, 1.165) is 0 Å². The lowest BCUT2D eigenvalue weighted by atomic mass is 10.2. The van der Waals surface area contributed by atoms with Gasteiger partial charge in [-0.25, -0.2) is 0 Å². The highest BCUT2D eigenvalue weighted by atomic mass is 19.4. The van der Waals surface area contributed by atoms with Gasteiger partial charge in [0.1, 0.15) is 5.75 Å². The number of benzene rings is 1. The molecule has 3 nitrogen and oxygen atoms in total. The summed E-state index contributed by atoms with van der Waals surface area (Å²) in [5.74, 6) is -0.817. The molecule has 6 heteroatoms. The summed E-state index contributed by atoms with van der Waals surface area (Å²) in [5.41, 5.74) is 5.40. The molecule has 0 aliphatic rings. The smallest absolute Gasteiger partial charge is 0.406 e. The van der Waals surface area contributed by atoms with E-state index in [2.05, 4.69) is 4.74 Å². The fraction of sp³-hybridized carbons (Fsp3) is 0.182. The molecular weight excluding hydrogens is 235 g/mol. The molecule has 0 aliphatic heterocycles. The first kappa shape index (κ1) is 13.1. The number of amides is 1. The Labute approximate surface area is 95.7 Å². The molecule has 0 saturated heterocycles. The van der Waals surface area contributed by atoms with Crippen LogP contribution in [0.1, 0.15) is 12.0 Å². The van der Waals surface area contributed by atoms with Gasteiger partial charge in [-0.15, -0.1) is 13.2 Å². The number of rotatable bonds is 4. The van der Waals surface area contributed by atoms with Crippen LogP contribution in [0.5, 0.6) is 5.75 Å². The van der Waals surface area contributed by atoms with Gasteiger partial charge in [-0.2, -0.15) is 0 Å². The molecular formula is C11H10F3NO2. The minimum atomic E-state index is -4.71. The largest absolute Gasteiger partial charge is 0.573 e. The van der Waals surface area contributed by atoms with Crippen molar-refractivity contribution in [3.63, 3.8) is 0 Å². The quantitative estimate of drug-likeness (QED) is 0.885. The molecule has 0 aliphatic carbocycles. The average Bonchev–Trinajstić information content (AvgIpc) is 2.14. The summed E-state index contributed by atoms with van der Waals surface area (Å²) in [7, 11) is 0. The molecule has 0 aromatic heterocycles. The first-order valence-corrected chi connectivity index (χ1v) is 4.67. The van der Waals surface area contributed by atoms with E-state index >= 15 is 0 Å². The zero-order valence-corrected chi connectivity index (χ0v) is 8.70. The van der Waals surface area contributed by atoms with E-state index in [4.69, 9.17) is 5.73 Å². The van der Waals surface area contributed by atoms with Crippen LogP contribution >= 0.6 is 0 Å². The molecule has 1 aromatic rings. The lowest BCUT2D eigenvalue weighted by molar-refractivity contribution is -0.274. The average molecular weight is 245 g/mol. The second-order valence-corrected chi connectivity index (χ2v) is 3.19. The van der Waals surface area contributed by atoms with Crippen molar-refractivity contribution in [1.29, 1.82) is 0 Å². The Balaban J connectivity index is 2.72. The van der Waals surface area contributed by atoms with E-state index in [1.807, 2.05) is 0 Å². The van der Waals surface area contributed by atoms with Gasteiger partial charge >= 0.3 is 6.36 Å². The van der Waals surface area contributed by atoms with Gasteiger partial charge in [-0.1, -0.05) is 24.3 Å². The molecule has 0 atom stereocenters. The third kappa shape index (κ3) is 5.60. The molecule has 17 heavy (non-hydrogen) atoms. The molecule has 0 spiro atoms. The Morgan fingerprint density at radius 2 is 2.12 bits per heavy atom. The SMILES string of the molecule is NC(=O)CC=Cc1cccc(OC(F)(F)F)c1. The van der Waals surface area contributed by atoms with Gasteiger partial charge < -0.3 is 10.5 Å². The Morgan fingerprint density at radius 3 is 2.71 bits per heavy atom. The predicted molar refractivity (Wildman–Crippen MR) is 56.0 cm³/mol. The van der Waals surface area contributed by atoms with E-state index < -0.39 is 12.3 Å². The van der Waals surface area contributed by atoms with Crippen molar-refractivity contribution < 1.29 is 22.7 Å². The number of hydrogen-bond donors (Lipinski definition) is 1. The minimum absolute atomic E-state index is 0.0321. The molecule has 1 amide bonds. The number of alkyl halides is 3. The maximum Gasteiger partial charge on any atom is 0.573 e. The zero-order valence-electron chi connectivity index (χ0n) is 8.70. The number of carbonyl (C=O) groups excluding carboxylic acids is 1. The first-order valence-electron chi connectivity index (χ1n) is 4.67. The van der Waals surface area contributed by atoms with Crippen LogP contribution in [0.4, 0.5) is 13.2 Å². The van der Waals surface area contributed by atoms with Gasteiger partial charge in [0.2, 0.25) is 5.91 Å². The minimum Gasteiger partial charge on any atom is -0.406 e. The van der Waals surface area contributed by atoms with Crippen LogP contribution < -0.4 is 10.5 Å². The molecule has 92 valence electrons. The summed E-state index contributed by atoms with van der Waals surface area (Å²) in [6, 6.07) is 5.41. The highest BCUT2D eigenvalue weighted by Crippen LogP contribution is 2.23. The van der Waals surface area contributed by atoms with Gasteiger partial charge in [-0.05, 0) is 17.7 Å². The summed E-state index contributed by atoms with van der Waals surface area (Å²) >= 11 is 0. The van der Waals surface area contributed by atoms with E-state index in [0.29, 0.717) is 5.56 Å². The van der Waals surface area contributed by atoms with E-state index in [-0.39, 0.29) is 12.2 Å². The molecule has 2 N–H and O–H groups in total. The molecule has 0 radical (unpaired) electrons.